The van der Waals surface area contributed by atoms with Crippen LogP contribution in [0.4, 0.5) is 10.5 Å². The zero-order valence-electron chi connectivity index (χ0n) is 17.4. The number of hydrogen-bond acceptors (Lipinski definition) is 5. The predicted octanol–water partition coefficient (Wildman–Crippen LogP) is 5.39. The number of nitrogens with zero attached hydrogens (tertiary/aromatic N) is 3. The van der Waals surface area contributed by atoms with Gasteiger partial charge in [-0.1, -0.05) is 15.9 Å². The third-order valence-corrected chi connectivity index (χ3v) is 4.94. The van der Waals surface area contributed by atoms with Crippen molar-refractivity contribution in [2.75, 3.05) is 25.1 Å². The van der Waals surface area contributed by atoms with E-state index in [1.54, 1.807) is 0 Å². The maximum absolute atomic E-state index is 11.6. The van der Waals surface area contributed by atoms with E-state index < -0.39 is 11.8 Å². The molecule has 0 radical (unpaired) electrons. The lowest BCUT2D eigenvalue weighted by molar-refractivity contribution is -0.00588. The number of halogens is 1. The van der Waals surface area contributed by atoms with E-state index in [0.29, 0.717) is 6.54 Å². The molecule has 2 aromatic carbocycles. The summed E-state index contributed by atoms with van der Waals surface area (Å²) in [5.74, 6) is 0.917. The highest BCUT2D eigenvalue weighted by Crippen LogP contribution is 2.27. The molecule has 0 N–H and O–H groups in total. The molecule has 3 rings (SSSR count). The fourth-order valence-corrected chi connectivity index (χ4v) is 3.32. The van der Waals surface area contributed by atoms with Crippen molar-refractivity contribution < 1.29 is 14.3 Å². The third-order valence-electron chi connectivity index (χ3n) is 4.45. The second-order valence-electron chi connectivity index (χ2n) is 7.91. The Morgan fingerprint density at radius 2 is 1.86 bits per heavy atom. The molecule has 1 heterocycles. The molecule has 1 aromatic heterocycles. The topological polar surface area (TPSA) is 56.6 Å². The average Bonchev–Trinajstić information content (AvgIpc) is 2.96. The Bertz CT molecular complexity index is 1010. The van der Waals surface area contributed by atoms with E-state index in [9.17, 15) is 4.79 Å². The molecule has 0 spiro atoms. The summed E-state index contributed by atoms with van der Waals surface area (Å²) >= 11 is 3.50. The molecule has 154 valence electrons. The number of aryl methyl sites for hydroxylation is 1. The zero-order valence-corrected chi connectivity index (χ0v) is 19.0. The second kappa shape index (κ2) is 8.45. The summed E-state index contributed by atoms with van der Waals surface area (Å²) in [6, 6.07) is 14.3. The van der Waals surface area contributed by atoms with Crippen molar-refractivity contribution in [1.29, 1.82) is 0 Å². The van der Waals surface area contributed by atoms with Crippen LogP contribution in [0.5, 0.6) is 0 Å². The fraction of sp³-hybridized carbons (Fsp3) is 0.364. The molecule has 0 bridgehead atoms. The Morgan fingerprint density at radius 1 is 1.17 bits per heavy atom. The van der Waals surface area contributed by atoms with Gasteiger partial charge in [-0.05, 0) is 63.2 Å². The Hall–Kier alpha value is -2.54. The molecule has 6 nitrogen and oxygen atoms in total. The van der Waals surface area contributed by atoms with E-state index in [0.717, 1.165) is 32.6 Å². The van der Waals surface area contributed by atoms with Crippen molar-refractivity contribution in [3.05, 3.63) is 46.9 Å². The van der Waals surface area contributed by atoms with E-state index in [2.05, 4.69) is 38.7 Å². The fourth-order valence-electron chi connectivity index (χ4n) is 2.97. The summed E-state index contributed by atoms with van der Waals surface area (Å²) < 4.78 is 13.4. The first kappa shape index (κ1) is 21.2. The van der Waals surface area contributed by atoms with Crippen LogP contribution < -0.4 is 4.90 Å². The standard InChI is InChI=1S/C22H26BrN3O3/c1-22(2,3)29-21(27)28-13-12-25(4)17-9-6-15(7-10-17)20-24-18-14-16(23)8-11-19(18)26(20)5/h6-11,14H,12-13H2,1-5H3. The number of ether oxygens (including phenoxy) is 2. The summed E-state index contributed by atoms with van der Waals surface area (Å²) in [5.41, 5.74) is 3.57. The predicted molar refractivity (Wildman–Crippen MR) is 119 cm³/mol. The van der Waals surface area contributed by atoms with Crippen molar-refractivity contribution in [1.82, 2.24) is 9.55 Å². The first-order valence-electron chi connectivity index (χ1n) is 9.43. The molecule has 0 aliphatic heterocycles. The van der Waals surface area contributed by atoms with Gasteiger partial charge in [0.05, 0.1) is 17.6 Å². The van der Waals surface area contributed by atoms with Crippen molar-refractivity contribution >= 4 is 38.8 Å². The van der Waals surface area contributed by atoms with Gasteiger partial charge < -0.3 is 18.9 Å². The lowest BCUT2D eigenvalue weighted by atomic mass is 10.2. The Morgan fingerprint density at radius 3 is 2.52 bits per heavy atom. The lowest BCUT2D eigenvalue weighted by Gasteiger charge is -2.21. The van der Waals surface area contributed by atoms with Crippen LogP contribution in [0.25, 0.3) is 22.4 Å². The van der Waals surface area contributed by atoms with Crippen LogP contribution in [-0.2, 0) is 16.5 Å². The second-order valence-corrected chi connectivity index (χ2v) is 8.82. The summed E-state index contributed by atoms with van der Waals surface area (Å²) in [6.45, 7) is 6.26. The Labute approximate surface area is 179 Å². The van der Waals surface area contributed by atoms with Crippen molar-refractivity contribution in [3.63, 3.8) is 0 Å². The molecule has 0 fully saturated rings. The maximum atomic E-state index is 11.6. The van der Waals surface area contributed by atoms with Gasteiger partial charge in [0.25, 0.3) is 0 Å². The van der Waals surface area contributed by atoms with Crippen LogP contribution in [0.1, 0.15) is 20.8 Å². The number of fused-ring (bicyclic) bond motifs is 1. The number of rotatable bonds is 5. The van der Waals surface area contributed by atoms with Crippen molar-refractivity contribution in [2.24, 2.45) is 7.05 Å². The first-order chi connectivity index (χ1) is 13.6. The molecule has 0 unspecified atom stereocenters. The van der Waals surface area contributed by atoms with Crippen molar-refractivity contribution in [3.8, 4) is 11.4 Å². The minimum Gasteiger partial charge on any atom is -0.432 e. The molecule has 0 atom stereocenters. The van der Waals surface area contributed by atoms with Gasteiger partial charge in [-0.3, -0.25) is 0 Å². The summed E-state index contributed by atoms with van der Waals surface area (Å²) in [6.07, 6.45) is -0.644. The quantitative estimate of drug-likeness (QED) is 0.478. The highest BCUT2D eigenvalue weighted by molar-refractivity contribution is 9.10. The van der Waals surface area contributed by atoms with Gasteiger partial charge in [0.1, 0.15) is 18.0 Å². The van der Waals surface area contributed by atoms with Gasteiger partial charge in [-0.25, -0.2) is 9.78 Å². The van der Waals surface area contributed by atoms with Crippen LogP contribution in [-0.4, -0.2) is 41.5 Å². The number of benzene rings is 2. The molecule has 0 saturated heterocycles. The molecule has 0 saturated carbocycles. The number of hydrogen-bond donors (Lipinski definition) is 0. The number of anilines is 1. The number of aromatic nitrogens is 2. The minimum atomic E-state index is -0.644. The van der Waals surface area contributed by atoms with Gasteiger partial charge >= 0.3 is 6.16 Å². The lowest BCUT2D eigenvalue weighted by Crippen LogP contribution is -2.28. The smallest absolute Gasteiger partial charge is 0.432 e. The largest absolute Gasteiger partial charge is 0.508 e. The number of carbonyl (C=O) groups excluding carboxylic acids is 1. The van der Waals surface area contributed by atoms with Gasteiger partial charge in [0.2, 0.25) is 0 Å². The highest BCUT2D eigenvalue weighted by atomic mass is 79.9. The van der Waals surface area contributed by atoms with E-state index in [1.165, 1.54) is 0 Å². The van der Waals surface area contributed by atoms with Crippen LogP contribution >= 0.6 is 15.9 Å². The summed E-state index contributed by atoms with van der Waals surface area (Å²) in [5, 5.41) is 0. The normalized spacial score (nSPS) is 11.5. The van der Waals surface area contributed by atoms with Crippen molar-refractivity contribution in [2.45, 2.75) is 26.4 Å². The number of carbonyl (C=O) groups is 1. The van der Waals surface area contributed by atoms with Crippen LogP contribution in [0.3, 0.4) is 0 Å². The van der Waals surface area contributed by atoms with Crippen LogP contribution in [0, 0.1) is 0 Å². The van der Waals surface area contributed by atoms with Crippen LogP contribution in [0.2, 0.25) is 0 Å². The minimum absolute atomic E-state index is 0.257. The molecule has 0 amide bonds. The Kier molecular flexibility index (Phi) is 6.17. The van der Waals surface area contributed by atoms with E-state index in [1.807, 2.05) is 64.0 Å². The van der Waals surface area contributed by atoms with Gasteiger partial charge in [-0.2, -0.15) is 0 Å². The third kappa shape index (κ3) is 5.29. The summed E-state index contributed by atoms with van der Waals surface area (Å²) in [7, 11) is 3.98. The first-order valence-corrected chi connectivity index (χ1v) is 10.2. The van der Waals surface area contributed by atoms with Gasteiger partial charge in [-0.15, -0.1) is 0 Å². The van der Waals surface area contributed by atoms with Gasteiger partial charge in [0, 0.05) is 29.8 Å². The van der Waals surface area contributed by atoms with Crippen LogP contribution in [0.15, 0.2) is 46.9 Å². The molecule has 0 aliphatic rings. The highest BCUT2D eigenvalue weighted by Gasteiger charge is 2.17. The molecular formula is C22H26BrN3O3. The molecule has 7 heteroatoms. The number of likely N-dealkylation sites (N-methyl/N-ethyl adjacent to an activating group) is 1. The Balaban J connectivity index is 1.64. The monoisotopic (exact) mass is 459 g/mol. The SMILES string of the molecule is CN(CCOC(=O)OC(C)(C)C)c1ccc(-c2nc3cc(Br)ccc3n2C)cc1. The molecule has 3 aromatic rings. The average molecular weight is 460 g/mol. The zero-order chi connectivity index (χ0) is 21.2. The van der Waals surface area contributed by atoms with E-state index in [4.69, 9.17) is 14.5 Å². The maximum Gasteiger partial charge on any atom is 0.508 e. The molecular weight excluding hydrogens is 434 g/mol. The molecule has 0 aliphatic carbocycles. The van der Waals surface area contributed by atoms with E-state index >= 15 is 0 Å². The molecule has 29 heavy (non-hydrogen) atoms. The van der Waals surface area contributed by atoms with Gasteiger partial charge in [0.15, 0.2) is 0 Å². The number of imidazole rings is 1. The summed E-state index contributed by atoms with van der Waals surface area (Å²) in [4.78, 5) is 18.4. The van der Waals surface area contributed by atoms with E-state index in [-0.39, 0.29) is 6.61 Å².